The van der Waals surface area contributed by atoms with E-state index in [-0.39, 0.29) is 43.1 Å². The zero-order valence-corrected chi connectivity index (χ0v) is 11.7. The monoisotopic (exact) mass is 284 g/mol. The smallest absolute Gasteiger partial charge is 0.306 e. The highest BCUT2D eigenvalue weighted by molar-refractivity contribution is 5.76. The van der Waals surface area contributed by atoms with Crippen molar-refractivity contribution in [2.45, 2.75) is 39.3 Å². The second-order valence-corrected chi connectivity index (χ2v) is 4.90. The molecular weight excluding hydrogens is 264 g/mol. The summed E-state index contributed by atoms with van der Waals surface area (Å²) in [6.07, 6.45) is 3.14. The Morgan fingerprint density at radius 2 is 2.30 bits per heavy atom. The third-order valence-corrected chi connectivity index (χ3v) is 2.99. The number of carbonyl (C=O) groups is 1. The lowest BCUT2D eigenvalue weighted by Gasteiger charge is -2.21. The molecule has 0 bridgehead atoms. The highest BCUT2D eigenvalue weighted by Gasteiger charge is 2.16. The molecule has 1 heterocycles. The topological polar surface area (TPSA) is 110 Å². The van der Waals surface area contributed by atoms with Crippen molar-refractivity contribution in [1.29, 1.82) is 0 Å². The van der Waals surface area contributed by atoms with Crippen LogP contribution in [0.4, 0.5) is 5.69 Å². The van der Waals surface area contributed by atoms with Gasteiger partial charge in [-0.1, -0.05) is 13.8 Å². The second-order valence-electron chi connectivity index (χ2n) is 4.90. The largest absolute Gasteiger partial charge is 0.396 e. The van der Waals surface area contributed by atoms with E-state index in [1.165, 1.54) is 10.9 Å². The number of aliphatic hydroxyl groups excluding tert-OH is 1. The predicted molar refractivity (Wildman–Crippen MR) is 72.0 cm³/mol. The van der Waals surface area contributed by atoms with Crippen molar-refractivity contribution in [3.8, 4) is 0 Å². The zero-order valence-electron chi connectivity index (χ0n) is 11.7. The maximum Gasteiger partial charge on any atom is 0.306 e. The Kier molecular flexibility index (Phi) is 6.10. The first-order valence-electron chi connectivity index (χ1n) is 6.51. The molecule has 1 aromatic rings. The van der Waals surface area contributed by atoms with E-state index in [4.69, 9.17) is 5.11 Å². The molecule has 0 aromatic carbocycles. The van der Waals surface area contributed by atoms with Crippen LogP contribution in [0.2, 0.25) is 0 Å². The van der Waals surface area contributed by atoms with Gasteiger partial charge in [-0.25, -0.2) is 0 Å². The number of aryl methyl sites for hydroxylation is 1. The van der Waals surface area contributed by atoms with Crippen LogP contribution in [0.3, 0.4) is 0 Å². The van der Waals surface area contributed by atoms with Gasteiger partial charge < -0.3 is 10.4 Å². The van der Waals surface area contributed by atoms with Gasteiger partial charge in [-0.3, -0.25) is 19.6 Å². The van der Waals surface area contributed by atoms with Gasteiger partial charge in [0.25, 0.3) is 0 Å². The Labute approximate surface area is 116 Å². The molecular formula is C12H20N4O4. The van der Waals surface area contributed by atoms with E-state index >= 15 is 0 Å². The lowest BCUT2D eigenvalue weighted by Crippen LogP contribution is -2.39. The zero-order chi connectivity index (χ0) is 15.1. The average molecular weight is 284 g/mol. The van der Waals surface area contributed by atoms with Gasteiger partial charge in [0.15, 0.2) is 0 Å². The summed E-state index contributed by atoms with van der Waals surface area (Å²) in [6, 6.07) is -0.0699. The predicted octanol–water partition coefficient (Wildman–Crippen LogP) is 0.705. The van der Waals surface area contributed by atoms with Crippen LogP contribution in [0, 0.1) is 16.0 Å². The van der Waals surface area contributed by atoms with Crippen LogP contribution >= 0.6 is 0 Å². The van der Waals surface area contributed by atoms with Crippen LogP contribution in [0.15, 0.2) is 12.4 Å². The normalized spacial score (nSPS) is 12.4. The van der Waals surface area contributed by atoms with Crippen molar-refractivity contribution >= 4 is 11.6 Å². The number of rotatable bonds is 8. The minimum Gasteiger partial charge on any atom is -0.396 e. The number of amides is 1. The van der Waals surface area contributed by atoms with Crippen molar-refractivity contribution in [3.05, 3.63) is 22.5 Å². The summed E-state index contributed by atoms with van der Waals surface area (Å²) in [6.45, 7) is 4.24. The summed E-state index contributed by atoms with van der Waals surface area (Å²) in [7, 11) is 0. The first-order chi connectivity index (χ1) is 9.43. The number of aliphatic hydroxyl groups is 1. The highest BCUT2D eigenvalue weighted by Crippen LogP contribution is 2.09. The van der Waals surface area contributed by atoms with Gasteiger partial charge in [-0.15, -0.1) is 0 Å². The minimum absolute atomic E-state index is 0.0223. The van der Waals surface area contributed by atoms with E-state index in [9.17, 15) is 14.9 Å². The molecule has 0 saturated heterocycles. The summed E-state index contributed by atoms with van der Waals surface area (Å²) in [4.78, 5) is 21.7. The summed E-state index contributed by atoms with van der Waals surface area (Å²) in [5.41, 5.74) is -0.0919. The van der Waals surface area contributed by atoms with Gasteiger partial charge in [0, 0.05) is 25.6 Å². The van der Waals surface area contributed by atoms with Crippen LogP contribution < -0.4 is 5.32 Å². The van der Waals surface area contributed by atoms with Gasteiger partial charge in [-0.05, 0) is 12.3 Å². The van der Waals surface area contributed by atoms with Crippen LogP contribution in [0.1, 0.15) is 26.7 Å². The molecule has 0 aliphatic carbocycles. The quantitative estimate of drug-likeness (QED) is 0.539. The molecule has 0 aliphatic rings. The summed E-state index contributed by atoms with van der Waals surface area (Å²) in [5, 5.41) is 26.1. The Morgan fingerprint density at radius 1 is 1.60 bits per heavy atom. The molecule has 0 aliphatic heterocycles. The molecule has 1 unspecified atom stereocenters. The summed E-state index contributed by atoms with van der Waals surface area (Å²) in [5.74, 6) is 0.0761. The van der Waals surface area contributed by atoms with Crippen molar-refractivity contribution in [2.24, 2.45) is 5.92 Å². The average Bonchev–Trinajstić information content (AvgIpc) is 2.84. The molecule has 0 saturated carbocycles. The van der Waals surface area contributed by atoms with Crippen molar-refractivity contribution in [1.82, 2.24) is 15.1 Å². The molecule has 1 aromatic heterocycles. The molecule has 112 valence electrons. The Hall–Kier alpha value is -1.96. The fourth-order valence-electron chi connectivity index (χ4n) is 1.78. The van der Waals surface area contributed by atoms with Crippen molar-refractivity contribution < 1.29 is 14.8 Å². The van der Waals surface area contributed by atoms with Gasteiger partial charge in [0.1, 0.15) is 12.4 Å². The summed E-state index contributed by atoms with van der Waals surface area (Å²) < 4.78 is 1.37. The molecule has 20 heavy (non-hydrogen) atoms. The molecule has 1 rings (SSSR count). The third-order valence-electron chi connectivity index (χ3n) is 2.99. The molecule has 8 heteroatoms. The molecule has 0 radical (unpaired) electrons. The van der Waals surface area contributed by atoms with E-state index in [0.29, 0.717) is 6.42 Å². The van der Waals surface area contributed by atoms with Gasteiger partial charge >= 0.3 is 5.69 Å². The number of nitrogens with one attached hydrogen (secondary N) is 1. The summed E-state index contributed by atoms with van der Waals surface area (Å²) >= 11 is 0. The first-order valence-corrected chi connectivity index (χ1v) is 6.51. The van der Waals surface area contributed by atoms with E-state index in [1.807, 2.05) is 13.8 Å². The second kappa shape index (κ2) is 7.59. The van der Waals surface area contributed by atoms with Crippen LogP contribution in [-0.2, 0) is 11.3 Å². The first kappa shape index (κ1) is 16.1. The number of hydrogen-bond acceptors (Lipinski definition) is 5. The van der Waals surface area contributed by atoms with Crippen LogP contribution in [-0.4, -0.2) is 38.4 Å². The molecule has 1 amide bonds. The molecule has 0 fully saturated rings. The van der Waals surface area contributed by atoms with E-state index in [0.717, 1.165) is 6.20 Å². The maximum atomic E-state index is 11.8. The molecule has 0 spiro atoms. The number of carbonyl (C=O) groups excluding carboxylic acids is 1. The SMILES string of the molecule is CC(C)C(CCO)NC(=O)CCn1cc([N+](=O)[O-])cn1. The van der Waals surface area contributed by atoms with Crippen LogP contribution in [0.5, 0.6) is 0 Å². The van der Waals surface area contributed by atoms with E-state index in [1.54, 1.807) is 0 Å². The Bertz CT molecular complexity index is 458. The highest BCUT2D eigenvalue weighted by atomic mass is 16.6. The van der Waals surface area contributed by atoms with Gasteiger partial charge in [0.2, 0.25) is 5.91 Å². The van der Waals surface area contributed by atoms with Gasteiger partial charge in [-0.2, -0.15) is 5.10 Å². The number of aromatic nitrogens is 2. The van der Waals surface area contributed by atoms with E-state index < -0.39 is 4.92 Å². The number of hydrogen-bond donors (Lipinski definition) is 2. The molecule has 8 nitrogen and oxygen atoms in total. The van der Waals surface area contributed by atoms with Crippen molar-refractivity contribution in [2.75, 3.05) is 6.61 Å². The Morgan fingerprint density at radius 3 is 2.80 bits per heavy atom. The van der Waals surface area contributed by atoms with Gasteiger partial charge in [0.05, 0.1) is 4.92 Å². The standard InChI is InChI=1S/C12H20N4O4/c1-9(2)11(4-6-17)14-12(18)3-5-15-8-10(7-13-15)16(19)20/h7-9,11,17H,3-6H2,1-2H3,(H,14,18). The number of nitrogens with zero attached hydrogens (tertiary/aromatic N) is 3. The Balaban J connectivity index is 2.43. The fourth-order valence-corrected chi connectivity index (χ4v) is 1.78. The molecule has 1 atom stereocenters. The van der Waals surface area contributed by atoms with Crippen molar-refractivity contribution in [3.63, 3.8) is 0 Å². The number of nitro groups is 1. The fraction of sp³-hybridized carbons (Fsp3) is 0.667. The minimum atomic E-state index is -0.528. The lowest BCUT2D eigenvalue weighted by atomic mass is 10.0. The van der Waals surface area contributed by atoms with Crippen LogP contribution in [0.25, 0.3) is 0 Å². The lowest BCUT2D eigenvalue weighted by molar-refractivity contribution is -0.385. The van der Waals surface area contributed by atoms with E-state index in [2.05, 4.69) is 10.4 Å². The molecule has 2 N–H and O–H groups in total. The third kappa shape index (κ3) is 4.96. The maximum absolute atomic E-state index is 11.8.